The number of nitrogens with zero attached hydrogens (tertiary/aromatic N) is 1. The van der Waals surface area contributed by atoms with Crippen LogP contribution in [-0.4, -0.2) is 41.1 Å². The highest BCUT2D eigenvalue weighted by atomic mass is 127. The van der Waals surface area contributed by atoms with Gasteiger partial charge in [-0.2, -0.15) is 0 Å². The van der Waals surface area contributed by atoms with Crippen LogP contribution in [0, 0.1) is 3.57 Å². The molecule has 2 atom stereocenters. The molecule has 1 aliphatic heterocycles. The van der Waals surface area contributed by atoms with Gasteiger partial charge in [0.1, 0.15) is 5.56 Å². The van der Waals surface area contributed by atoms with E-state index in [1.165, 1.54) is 6.20 Å². The maximum Gasteiger partial charge on any atom is 0.259 e. The molecule has 5 nitrogen and oxygen atoms in total. The van der Waals surface area contributed by atoms with Crippen molar-refractivity contribution in [2.75, 3.05) is 13.2 Å². The number of aromatic nitrogens is 1. The molecule has 1 aliphatic rings. The van der Waals surface area contributed by atoms with Crippen LogP contribution in [0.15, 0.2) is 29.2 Å². The van der Waals surface area contributed by atoms with E-state index in [0.717, 1.165) is 9.09 Å². The van der Waals surface area contributed by atoms with Gasteiger partial charge in [-0.3, -0.25) is 9.59 Å². The van der Waals surface area contributed by atoms with E-state index in [2.05, 4.69) is 27.6 Å². The number of carbonyl (C=O) groups is 1. The van der Waals surface area contributed by atoms with E-state index in [4.69, 9.17) is 4.74 Å². The molecular weight excluding hydrogens is 395 g/mol. The lowest BCUT2D eigenvalue weighted by Crippen LogP contribution is -2.53. The van der Waals surface area contributed by atoms with Crippen molar-refractivity contribution in [3.05, 3.63) is 43.8 Å². The van der Waals surface area contributed by atoms with Gasteiger partial charge in [-0.15, -0.1) is 0 Å². The zero-order valence-corrected chi connectivity index (χ0v) is 14.6. The van der Waals surface area contributed by atoms with Crippen LogP contribution in [0.25, 0.3) is 10.9 Å². The van der Waals surface area contributed by atoms with Crippen molar-refractivity contribution in [1.82, 2.24) is 9.88 Å². The Balaban J connectivity index is 2.08. The summed E-state index contributed by atoms with van der Waals surface area (Å²) in [6.45, 7) is 4.87. The van der Waals surface area contributed by atoms with Crippen LogP contribution in [-0.2, 0) is 4.74 Å². The minimum atomic E-state index is -0.231. The molecule has 1 aromatic carbocycles. The molecule has 0 aliphatic carbocycles. The summed E-state index contributed by atoms with van der Waals surface area (Å²) in [7, 11) is 0. The lowest BCUT2D eigenvalue weighted by atomic mass is 10.1. The predicted molar refractivity (Wildman–Crippen MR) is 93.2 cm³/mol. The Hall–Kier alpha value is -1.41. The highest BCUT2D eigenvalue weighted by Crippen LogP contribution is 2.18. The summed E-state index contributed by atoms with van der Waals surface area (Å²) < 4.78 is 6.41. The van der Waals surface area contributed by atoms with Gasteiger partial charge in [0.25, 0.3) is 5.91 Å². The minimum absolute atomic E-state index is 0.0396. The first-order chi connectivity index (χ1) is 10.5. The van der Waals surface area contributed by atoms with Crippen LogP contribution in [0.4, 0.5) is 0 Å². The number of hydrogen-bond donors (Lipinski definition) is 1. The maximum absolute atomic E-state index is 12.8. The van der Waals surface area contributed by atoms with Crippen molar-refractivity contribution >= 4 is 39.4 Å². The van der Waals surface area contributed by atoms with Gasteiger partial charge in [-0.05, 0) is 54.6 Å². The third-order valence-electron chi connectivity index (χ3n) is 3.98. The average Bonchev–Trinajstić information content (AvgIpc) is 2.48. The van der Waals surface area contributed by atoms with Gasteiger partial charge in [-0.25, -0.2) is 0 Å². The second kappa shape index (κ2) is 6.00. The number of morpholine rings is 1. The number of aromatic amines is 1. The topological polar surface area (TPSA) is 62.4 Å². The van der Waals surface area contributed by atoms with Crippen molar-refractivity contribution in [2.45, 2.75) is 25.9 Å². The van der Waals surface area contributed by atoms with Crippen molar-refractivity contribution in [1.29, 1.82) is 0 Å². The van der Waals surface area contributed by atoms with Crippen molar-refractivity contribution in [3.63, 3.8) is 0 Å². The molecule has 1 fully saturated rings. The van der Waals surface area contributed by atoms with Gasteiger partial charge >= 0.3 is 0 Å². The van der Waals surface area contributed by atoms with Crippen molar-refractivity contribution in [2.24, 2.45) is 0 Å². The predicted octanol–water partition coefficient (Wildman–Crippen LogP) is 2.38. The molecule has 0 saturated carbocycles. The molecule has 1 N–H and O–H groups in total. The molecule has 1 aromatic heterocycles. The van der Waals surface area contributed by atoms with E-state index in [0.29, 0.717) is 18.6 Å². The van der Waals surface area contributed by atoms with Gasteiger partial charge in [0.05, 0.1) is 25.3 Å². The van der Waals surface area contributed by atoms with Gasteiger partial charge in [0.15, 0.2) is 0 Å². The summed E-state index contributed by atoms with van der Waals surface area (Å²) in [6, 6.07) is 5.50. The molecule has 3 rings (SSSR count). The van der Waals surface area contributed by atoms with Crippen LogP contribution in [0.1, 0.15) is 24.2 Å². The van der Waals surface area contributed by atoms with E-state index in [9.17, 15) is 9.59 Å². The first-order valence-electron chi connectivity index (χ1n) is 7.20. The zero-order valence-electron chi connectivity index (χ0n) is 12.4. The van der Waals surface area contributed by atoms with E-state index < -0.39 is 0 Å². The Morgan fingerprint density at radius 2 is 2.00 bits per heavy atom. The number of ether oxygens (including phenoxy) is 1. The third kappa shape index (κ3) is 2.65. The highest BCUT2D eigenvalue weighted by Gasteiger charge is 2.31. The van der Waals surface area contributed by atoms with Gasteiger partial charge < -0.3 is 14.6 Å². The standard InChI is InChI=1S/C16H17IN2O3/c1-9-7-22-8-10(2)19(9)16(21)13-6-18-14-4-3-11(17)5-12(14)15(13)20/h3-6,9-10H,7-8H2,1-2H3,(H,18,20)/t9-,10-/m1/s1. The Morgan fingerprint density at radius 1 is 1.32 bits per heavy atom. The molecular formula is C16H17IN2O3. The zero-order chi connectivity index (χ0) is 15.9. The fraction of sp³-hybridized carbons (Fsp3) is 0.375. The molecule has 0 unspecified atom stereocenters. The number of H-pyrrole nitrogens is 1. The Kier molecular flexibility index (Phi) is 4.22. The Morgan fingerprint density at radius 3 is 2.68 bits per heavy atom. The van der Waals surface area contributed by atoms with Crippen LogP contribution in [0.3, 0.4) is 0 Å². The lowest BCUT2D eigenvalue weighted by molar-refractivity contribution is -0.0250. The number of rotatable bonds is 1. The van der Waals surface area contributed by atoms with Crippen molar-refractivity contribution < 1.29 is 9.53 Å². The van der Waals surface area contributed by atoms with E-state index in [1.807, 2.05) is 26.0 Å². The number of benzene rings is 1. The fourth-order valence-corrected chi connectivity index (χ4v) is 3.38. The van der Waals surface area contributed by atoms with Crippen LogP contribution in [0.5, 0.6) is 0 Å². The molecule has 116 valence electrons. The summed E-state index contributed by atoms with van der Waals surface area (Å²) in [5, 5.41) is 0.548. The maximum atomic E-state index is 12.8. The molecule has 2 aromatic rings. The summed E-state index contributed by atoms with van der Waals surface area (Å²) in [6.07, 6.45) is 1.52. The highest BCUT2D eigenvalue weighted by molar-refractivity contribution is 14.1. The largest absolute Gasteiger partial charge is 0.377 e. The first-order valence-corrected chi connectivity index (χ1v) is 8.28. The second-order valence-electron chi connectivity index (χ2n) is 5.67. The number of hydrogen-bond acceptors (Lipinski definition) is 3. The summed E-state index contributed by atoms with van der Waals surface area (Å²) in [5.41, 5.74) is 0.711. The van der Waals surface area contributed by atoms with E-state index in [1.54, 1.807) is 11.0 Å². The molecule has 1 saturated heterocycles. The smallest absolute Gasteiger partial charge is 0.259 e. The van der Waals surface area contributed by atoms with Gasteiger partial charge in [0.2, 0.25) is 5.43 Å². The molecule has 6 heteroatoms. The lowest BCUT2D eigenvalue weighted by Gasteiger charge is -2.38. The van der Waals surface area contributed by atoms with Gasteiger partial charge in [-0.1, -0.05) is 0 Å². The number of pyridine rings is 1. The quantitative estimate of drug-likeness (QED) is 0.732. The summed E-state index contributed by atoms with van der Waals surface area (Å²) >= 11 is 2.16. The number of halogens is 1. The molecule has 0 radical (unpaired) electrons. The number of amides is 1. The van der Waals surface area contributed by atoms with E-state index in [-0.39, 0.29) is 29.0 Å². The molecule has 0 bridgehead atoms. The molecule has 1 amide bonds. The van der Waals surface area contributed by atoms with E-state index >= 15 is 0 Å². The third-order valence-corrected chi connectivity index (χ3v) is 4.65. The molecule has 22 heavy (non-hydrogen) atoms. The first kappa shape index (κ1) is 15.5. The Labute approximate surface area is 141 Å². The molecule has 0 spiro atoms. The van der Waals surface area contributed by atoms with Crippen LogP contribution >= 0.6 is 22.6 Å². The normalized spacial score (nSPS) is 22.0. The van der Waals surface area contributed by atoms with Crippen LogP contribution in [0.2, 0.25) is 0 Å². The van der Waals surface area contributed by atoms with Crippen LogP contribution < -0.4 is 5.43 Å². The monoisotopic (exact) mass is 412 g/mol. The minimum Gasteiger partial charge on any atom is -0.377 e. The molecule has 2 heterocycles. The van der Waals surface area contributed by atoms with Crippen molar-refractivity contribution in [3.8, 4) is 0 Å². The SMILES string of the molecule is C[C@@H]1COC[C@@H](C)N1C(=O)c1c[nH]c2ccc(I)cc2c1=O. The van der Waals surface area contributed by atoms with Gasteiger partial charge in [0, 0.05) is 20.7 Å². The number of nitrogens with one attached hydrogen (secondary N) is 1. The summed E-state index contributed by atoms with van der Waals surface area (Å²) in [5.74, 6) is -0.231. The summed E-state index contributed by atoms with van der Waals surface area (Å²) in [4.78, 5) is 30.3. The Bertz CT molecular complexity index is 777. The fourth-order valence-electron chi connectivity index (χ4n) is 2.89. The average molecular weight is 412 g/mol. The number of fused-ring (bicyclic) bond motifs is 1. The number of carbonyl (C=O) groups excluding carboxylic acids is 1. The second-order valence-corrected chi connectivity index (χ2v) is 6.91.